The Balaban J connectivity index is 2.31. The van der Waals surface area contributed by atoms with Crippen LogP contribution in [0.3, 0.4) is 0 Å². The molecule has 0 N–H and O–H groups in total. The summed E-state index contributed by atoms with van der Waals surface area (Å²) in [6, 6.07) is 0. The minimum Gasteiger partial charge on any atom is -0.492 e. The van der Waals surface area contributed by atoms with Crippen molar-refractivity contribution >= 4 is 21.6 Å². The van der Waals surface area contributed by atoms with E-state index < -0.39 is 0 Å². The average Bonchev–Trinajstić information content (AvgIpc) is 2.39. The van der Waals surface area contributed by atoms with Crippen LogP contribution < -0.4 is 9.47 Å². The average molecular weight is 314 g/mol. The van der Waals surface area contributed by atoms with Gasteiger partial charge < -0.3 is 9.47 Å². The molecule has 0 atom stereocenters. The third-order valence-corrected chi connectivity index (χ3v) is 4.17. The van der Waals surface area contributed by atoms with Gasteiger partial charge in [-0.05, 0) is 41.6 Å². The Hall–Kier alpha value is -1.30. The van der Waals surface area contributed by atoms with Crippen LogP contribution in [0, 0.1) is 10.1 Å². The molecule has 3 rings (SSSR count). The fraction of sp³-hybridized carbons (Fsp3) is 0.500. The number of benzene rings is 1. The molecule has 0 fully saturated rings. The molecule has 18 heavy (non-hydrogen) atoms. The zero-order valence-corrected chi connectivity index (χ0v) is 11.3. The van der Waals surface area contributed by atoms with Gasteiger partial charge in [0.25, 0.3) is 0 Å². The van der Waals surface area contributed by atoms with E-state index in [1.807, 2.05) is 0 Å². The molecule has 0 spiro atoms. The predicted molar refractivity (Wildman–Crippen MR) is 68.4 cm³/mol. The summed E-state index contributed by atoms with van der Waals surface area (Å²) < 4.78 is 12.0. The molecule has 0 saturated heterocycles. The van der Waals surface area contributed by atoms with Crippen molar-refractivity contribution in [1.82, 2.24) is 0 Å². The summed E-state index contributed by atoms with van der Waals surface area (Å²) in [5.41, 5.74) is 1.63. The lowest BCUT2D eigenvalue weighted by Gasteiger charge is -2.25. The standard InChI is InChI=1S/C12H12BrNO4/c13-9-7-3-1-6-18-12(7)10(14(15)16)8-4-2-5-17-11(8)9/h1-6H2. The second-order valence-corrected chi connectivity index (χ2v) is 5.23. The highest BCUT2D eigenvalue weighted by atomic mass is 79.9. The molecule has 2 aliphatic rings. The quantitative estimate of drug-likeness (QED) is 0.590. The number of rotatable bonds is 1. The van der Waals surface area contributed by atoms with E-state index in [9.17, 15) is 10.1 Å². The number of nitrogens with zero attached hydrogens (tertiary/aromatic N) is 1. The lowest BCUT2D eigenvalue weighted by atomic mass is 9.97. The summed E-state index contributed by atoms with van der Waals surface area (Å²) in [4.78, 5) is 11.0. The molecule has 96 valence electrons. The summed E-state index contributed by atoms with van der Waals surface area (Å²) in [5.74, 6) is 1.07. The van der Waals surface area contributed by atoms with Gasteiger partial charge in [0.05, 0.1) is 28.2 Å². The molecule has 0 bridgehead atoms. The van der Waals surface area contributed by atoms with Crippen molar-refractivity contribution < 1.29 is 14.4 Å². The van der Waals surface area contributed by atoms with E-state index in [1.165, 1.54) is 0 Å². The molecule has 2 heterocycles. The van der Waals surface area contributed by atoms with Crippen LogP contribution in [0.5, 0.6) is 11.5 Å². The number of nitro benzene ring substituents is 1. The molecule has 5 nitrogen and oxygen atoms in total. The molecule has 1 aromatic carbocycles. The van der Waals surface area contributed by atoms with Gasteiger partial charge in [-0.15, -0.1) is 0 Å². The van der Waals surface area contributed by atoms with Gasteiger partial charge >= 0.3 is 5.69 Å². The predicted octanol–water partition coefficient (Wildman–Crippen LogP) is 3.01. The first kappa shape index (κ1) is 11.8. The van der Waals surface area contributed by atoms with Crippen LogP contribution in [-0.4, -0.2) is 18.1 Å². The van der Waals surface area contributed by atoms with Crippen molar-refractivity contribution in [1.29, 1.82) is 0 Å². The SMILES string of the molecule is O=[N+]([O-])c1c2c(c(Br)c3c1OCCC3)OCCC2. The molecular formula is C12H12BrNO4. The lowest BCUT2D eigenvalue weighted by Crippen LogP contribution is -2.17. The zero-order chi connectivity index (χ0) is 12.7. The molecule has 2 aliphatic heterocycles. The van der Waals surface area contributed by atoms with Crippen LogP contribution in [0.2, 0.25) is 0 Å². The highest BCUT2D eigenvalue weighted by molar-refractivity contribution is 9.10. The highest BCUT2D eigenvalue weighted by Gasteiger charge is 2.34. The Kier molecular flexibility index (Phi) is 2.89. The Bertz CT molecular complexity index is 492. The second kappa shape index (κ2) is 4.42. The fourth-order valence-corrected chi connectivity index (χ4v) is 3.29. The van der Waals surface area contributed by atoms with Gasteiger partial charge in [-0.2, -0.15) is 0 Å². The highest BCUT2D eigenvalue weighted by Crippen LogP contribution is 2.49. The summed E-state index contributed by atoms with van der Waals surface area (Å²) in [6.45, 7) is 1.16. The van der Waals surface area contributed by atoms with Gasteiger partial charge in [-0.1, -0.05) is 0 Å². The van der Waals surface area contributed by atoms with Gasteiger partial charge in [-0.25, -0.2) is 0 Å². The van der Waals surface area contributed by atoms with Gasteiger partial charge in [0.2, 0.25) is 5.75 Å². The minimum absolute atomic E-state index is 0.0996. The molecule has 0 aromatic heterocycles. The number of nitro groups is 1. The third kappa shape index (κ3) is 1.67. The van der Waals surface area contributed by atoms with Crippen LogP contribution in [-0.2, 0) is 12.8 Å². The van der Waals surface area contributed by atoms with Gasteiger partial charge in [-0.3, -0.25) is 10.1 Å². The number of hydrogen-bond donors (Lipinski definition) is 0. The van der Waals surface area contributed by atoms with Crippen molar-refractivity contribution in [3.63, 3.8) is 0 Å². The zero-order valence-electron chi connectivity index (χ0n) is 9.70. The van der Waals surface area contributed by atoms with E-state index in [4.69, 9.17) is 9.47 Å². The summed E-state index contributed by atoms with van der Waals surface area (Å²) in [6.07, 6.45) is 3.13. The van der Waals surface area contributed by atoms with E-state index in [0.717, 1.165) is 29.3 Å². The molecule has 0 saturated carbocycles. The van der Waals surface area contributed by atoms with Crippen LogP contribution in [0.4, 0.5) is 5.69 Å². The Labute approximate surface area is 112 Å². The van der Waals surface area contributed by atoms with Crippen LogP contribution >= 0.6 is 15.9 Å². The van der Waals surface area contributed by atoms with Crippen molar-refractivity contribution in [2.75, 3.05) is 13.2 Å². The van der Waals surface area contributed by atoms with Crippen LogP contribution in [0.1, 0.15) is 24.0 Å². The number of hydrogen-bond acceptors (Lipinski definition) is 4. The monoisotopic (exact) mass is 313 g/mol. The lowest BCUT2D eigenvalue weighted by molar-refractivity contribution is -0.386. The Morgan fingerprint density at radius 1 is 1.06 bits per heavy atom. The molecule has 0 amide bonds. The number of ether oxygens (including phenoxy) is 2. The largest absolute Gasteiger partial charge is 0.492 e. The van der Waals surface area contributed by atoms with Crippen LogP contribution in [0.25, 0.3) is 0 Å². The Morgan fingerprint density at radius 3 is 2.33 bits per heavy atom. The topological polar surface area (TPSA) is 61.6 Å². The first-order valence-electron chi connectivity index (χ1n) is 5.97. The number of halogens is 1. The van der Waals surface area contributed by atoms with Crippen molar-refractivity contribution in [3.05, 3.63) is 25.7 Å². The Morgan fingerprint density at radius 2 is 1.67 bits per heavy atom. The first-order chi connectivity index (χ1) is 8.70. The molecular weight excluding hydrogens is 302 g/mol. The maximum atomic E-state index is 11.3. The fourth-order valence-electron chi connectivity index (χ4n) is 2.56. The molecule has 0 radical (unpaired) electrons. The minimum atomic E-state index is -0.343. The first-order valence-corrected chi connectivity index (χ1v) is 6.76. The molecule has 0 unspecified atom stereocenters. The van der Waals surface area contributed by atoms with E-state index in [2.05, 4.69) is 15.9 Å². The van der Waals surface area contributed by atoms with Crippen molar-refractivity contribution in [2.24, 2.45) is 0 Å². The van der Waals surface area contributed by atoms with Crippen molar-refractivity contribution in [2.45, 2.75) is 25.7 Å². The van der Waals surface area contributed by atoms with E-state index in [1.54, 1.807) is 0 Å². The van der Waals surface area contributed by atoms with Gasteiger partial charge in [0.1, 0.15) is 5.75 Å². The van der Waals surface area contributed by atoms with E-state index in [-0.39, 0.29) is 10.6 Å². The van der Waals surface area contributed by atoms with E-state index >= 15 is 0 Å². The van der Waals surface area contributed by atoms with Crippen molar-refractivity contribution in [3.8, 4) is 11.5 Å². The van der Waals surface area contributed by atoms with Crippen LogP contribution in [0.15, 0.2) is 4.47 Å². The summed E-state index contributed by atoms with van der Waals surface area (Å²) in [5, 5.41) is 11.3. The molecule has 0 aliphatic carbocycles. The normalized spacial score (nSPS) is 17.2. The van der Waals surface area contributed by atoms with E-state index in [0.29, 0.717) is 36.7 Å². The maximum Gasteiger partial charge on any atom is 0.318 e. The molecule has 1 aromatic rings. The summed E-state index contributed by atoms with van der Waals surface area (Å²) >= 11 is 3.51. The maximum absolute atomic E-state index is 11.3. The second-order valence-electron chi connectivity index (χ2n) is 4.44. The third-order valence-electron chi connectivity index (χ3n) is 3.33. The molecule has 6 heteroatoms. The number of fused-ring (bicyclic) bond motifs is 2. The van der Waals surface area contributed by atoms with Gasteiger partial charge in [0.15, 0.2) is 0 Å². The van der Waals surface area contributed by atoms with Gasteiger partial charge in [0, 0.05) is 5.56 Å². The smallest absolute Gasteiger partial charge is 0.318 e. The summed E-state index contributed by atoms with van der Waals surface area (Å²) in [7, 11) is 0.